The molecule has 0 aliphatic carbocycles. The molecule has 0 aromatic heterocycles. The van der Waals surface area contributed by atoms with E-state index in [0.29, 0.717) is 26.4 Å². The fourth-order valence-electron chi connectivity index (χ4n) is 0.632. The second-order valence-corrected chi connectivity index (χ2v) is 4.31. The molecule has 0 saturated carbocycles. The van der Waals surface area contributed by atoms with Crippen molar-refractivity contribution >= 4 is 0 Å². The van der Waals surface area contributed by atoms with E-state index in [-0.39, 0.29) is 22.4 Å². The maximum Gasteiger partial charge on any atom is 0.0430 e. The number of unbranched alkanes of at least 4 members (excludes halogenated alkanes) is 4. The van der Waals surface area contributed by atoms with Crippen LogP contribution in [0.1, 0.15) is 79.1 Å². The van der Waals surface area contributed by atoms with E-state index >= 15 is 0 Å². The van der Waals surface area contributed by atoms with Crippen LogP contribution in [0.3, 0.4) is 0 Å². The maximum atomic E-state index is 8.07. The summed E-state index contributed by atoms with van der Waals surface area (Å²) >= 11 is 0. The zero-order valence-electron chi connectivity index (χ0n) is 14.7. The molecule has 0 rings (SSSR count). The number of aliphatic hydroxyl groups excluding tert-OH is 4. The molecule has 0 aliphatic rings. The van der Waals surface area contributed by atoms with Crippen molar-refractivity contribution in [3.05, 3.63) is 0 Å². The Morgan fingerprint density at radius 3 is 0.571 bits per heavy atom. The van der Waals surface area contributed by atoms with Crippen LogP contribution in [0.2, 0.25) is 0 Å². The largest absolute Gasteiger partial charge is 0.396 e. The number of rotatable bonds is 8. The summed E-state index contributed by atoms with van der Waals surface area (Å²) in [6, 6.07) is 0. The van der Waals surface area contributed by atoms with Crippen molar-refractivity contribution in [2.45, 2.75) is 79.1 Å². The first-order valence-corrected chi connectivity index (χ1v) is 8.09. The van der Waals surface area contributed by atoms with E-state index in [4.69, 9.17) is 20.4 Å². The van der Waals surface area contributed by atoms with E-state index in [1.807, 2.05) is 0 Å². The third kappa shape index (κ3) is 96.5. The summed E-state index contributed by atoms with van der Waals surface area (Å²) in [6.45, 7) is 9.58. The molecule has 4 N–H and O–H groups in total. The van der Waals surface area contributed by atoms with Gasteiger partial charge in [-0.05, 0) is 25.7 Å². The van der Waals surface area contributed by atoms with Gasteiger partial charge in [0.2, 0.25) is 0 Å². The molecule has 0 aromatic rings. The van der Waals surface area contributed by atoms with Crippen molar-refractivity contribution in [1.82, 2.24) is 0 Å². The van der Waals surface area contributed by atoms with Gasteiger partial charge in [-0.25, -0.2) is 0 Å². The zero-order chi connectivity index (χ0) is 16.5. The molecule has 21 heavy (non-hydrogen) atoms. The van der Waals surface area contributed by atoms with Crippen molar-refractivity contribution in [2.24, 2.45) is 0 Å². The van der Waals surface area contributed by atoms with Crippen LogP contribution < -0.4 is 0 Å². The van der Waals surface area contributed by atoms with Crippen LogP contribution >= 0.6 is 0 Å². The number of hydrogen-bond donors (Lipinski definition) is 4. The van der Waals surface area contributed by atoms with Gasteiger partial charge in [-0.3, -0.25) is 0 Å². The van der Waals surface area contributed by atoms with E-state index in [1.165, 1.54) is 0 Å². The van der Waals surface area contributed by atoms with Gasteiger partial charge in [-0.2, -0.15) is 0 Å². The topological polar surface area (TPSA) is 80.9 Å². The molecule has 0 aromatic carbocycles. The third-order valence-electron chi connectivity index (χ3n) is 2.05. The molecule has 0 aliphatic heterocycles. The fourth-order valence-corrected chi connectivity index (χ4v) is 0.632. The standard InChI is InChI=1S/4C4H10O.Nb/c4*1-2-3-4-5;/h4*5H,2-4H2,1H3;. The van der Waals surface area contributed by atoms with Crippen molar-refractivity contribution in [2.75, 3.05) is 26.4 Å². The second-order valence-electron chi connectivity index (χ2n) is 4.31. The normalized spacial score (nSPS) is 8.00. The Balaban J connectivity index is -0.0000000533. The third-order valence-corrected chi connectivity index (χ3v) is 2.05. The molecule has 0 bridgehead atoms. The van der Waals surface area contributed by atoms with Crippen molar-refractivity contribution in [3.63, 3.8) is 0 Å². The van der Waals surface area contributed by atoms with Crippen molar-refractivity contribution in [1.29, 1.82) is 0 Å². The smallest absolute Gasteiger partial charge is 0.0430 e. The summed E-state index contributed by atoms with van der Waals surface area (Å²) in [5, 5.41) is 32.3. The maximum absolute atomic E-state index is 8.07. The van der Waals surface area contributed by atoms with Crippen LogP contribution in [0.25, 0.3) is 0 Å². The molecule has 0 unspecified atom stereocenters. The average molecular weight is 389 g/mol. The zero-order valence-corrected chi connectivity index (χ0v) is 16.9. The van der Waals surface area contributed by atoms with Crippen molar-refractivity contribution in [3.8, 4) is 0 Å². The van der Waals surface area contributed by atoms with E-state index in [9.17, 15) is 0 Å². The van der Waals surface area contributed by atoms with E-state index < -0.39 is 0 Å². The summed E-state index contributed by atoms with van der Waals surface area (Å²) in [6.07, 6.45) is 8.15. The minimum atomic E-state index is 0. The van der Waals surface area contributed by atoms with Gasteiger partial charge < -0.3 is 20.4 Å². The summed E-state index contributed by atoms with van der Waals surface area (Å²) in [5.74, 6) is 0. The first-order chi connectivity index (χ1) is 9.66. The minimum Gasteiger partial charge on any atom is -0.396 e. The van der Waals surface area contributed by atoms with Crippen molar-refractivity contribution < 1.29 is 42.8 Å². The molecule has 0 atom stereocenters. The van der Waals surface area contributed by atoms with Gasteiger partial charge in [0.05, 0.1) is 0 Å². The van der Waals surface area contributed by atoms with Crippen LogP contribution in [0.5, 0.6) is 0 Å². The number of hydrogen-bond acceptors (Lipinski definition) is 4. The summed E-state index contributed by atoms with van der Waals surface area (Å²) < 4.78 is 0. The van der Waals surface area contributed by atoms with E-state index in [1.54, 1.807) is 0 Å². The first-order valence-electron chi connectivity index (χ1n) is 8.09. The van der Waals surface area contributed by atoms with Crippen LogP contribution in [-0.4, -0.2) is 46.9 Å². The predicted octanol–water partition coefficient (Wildman–Crippen LogP) is 3.11. The van der Waals surface area contributed by atoms with Gasteiger partial charge in [0.15, 0.2) is 0 Å². The molecule has 133 valence electrons. The Labute approximate surface area is 148 Å². The van der Waals surface area contributed by atoms with Gasteiger partial charge >= 0.3 is 0 Å². The van der Waals surface area contributed by atoms with E-state index in [2.05, 4.69) is 27.7 Å². The molecule has 1 radical (unpaired) electrons. The Morgan fingerprint density at radius 1 is 0.429 bits per heavy atom. The first kappa shape index (κ1) is 33.2. The average Bonchev–Trinajstić information content (AvgIpc) is 2.44. The van der Waals surface area contributed by atoms with Gasteiger partial charge in [0.25, 0.3) is 0 Å². The molecule has 0 saturated heterocycles. The molecule has 0 fully saturated rings. The van der Waals surface area contributed by atoms with Crippen LogP contribution in [0.15, 0.2) is 0 Å². The quantitative estimate of drug-likeness (QED) is 0.481. The fraction of sp³-hybridized carbons (Fsp3) is 1.00. The Morgan fingerprint density at radius 2 is 0.571 bits per heavy atom. The molecule has 0 heterocycles. The number of aliphatic hydroxyl groups is 4. The SMILES string of the molecule is CCCCO.CCCCO.CCCCO.CCCCO.[Nb]. The second kappa shape index (κ2) is 49.9. The Hall–Kier alpha value is 0.580. The molecule has 0 amide bonds. The Bertz CT molecular complexity index is 74.3. The molecule has 5 heteroatoms. The van der Waals surface area contributed by atoms with Crippen LogP contribution in [0, 0.1) is 0 Å². The summed E-state index contributed by atoms with van der Waals surface area (Å²) in [7, 11) is 0. The van der Waals surface area contributed by atoms with E-state index in [0.717, 1.165) is 51.4 Å². The molecular formula is C16H40NbO4. The van der Waals surface area contributed by atoms with Gasteiger partial charge in [-0.15, -0.1) is 0 Å². The summed E-state index contributed by atoms with van der Waals surface area (Å²) in [4.78, 5) is 0. The van der Waals surface area contributed by atoms with Gasteiger partial charge in [-0.1, -0.05) is 53.4 Å². The minimum absolute atomic E-state index is 0. The van der Waals surface area contributed by atoms with Crippen LogP contribution in [0.4, 0.5) is 0 Å². The monoisotopic (exact) mass is 389 g/mol. The molecule has 0 spiro atoms. The molecular weight excluding hydrogens is 349 g/mol. The predicted molar refractivity (Wildman–Crippen MR) is 88.0 cm³/mol. The Kier molecular flexibility index (Phi) is 78.9. The van der Waals surface area contributed by atoms with Gasteiger partial charge in [0, 0.05) is 48.8 Å². The molecule has 4 nitrogen and oxygen atoms in total. The summed E-state index contributed by atoms with van der Waals surface area (Å²) in [5.41, 5.74) is 0. The van der Waals surface area contributed by atoms with Gasteiger partial charge in [0.1, 0.15) is 0 Å². The van der Waals surface area contributed by atoms with Crippen LogP contribution in [-0.2, 0) is 22.4 Å².